The Bertz CT molecular complexity index is 739. The molecule has 2 aliphatic rings. The van der Waals surface area contributed by atoms with Crippen LogP contribution in [-0.4, -0.2) is 46.4 Å². The molecule has 0 radical (unpaired) electrons. The van der Waals surface area contributed by atoms with Crippen LogP contribution in [0.15, 0.2) is 28.8 Å². The highest BCUT2D eigenvalue weighted by Crippen LogP contribution is 2.51. The Morgan fingerprint density at radius 1 is 1.32 bits per heavy atom. The first-order valence-corrected chi connectivity index (χ1v) is 9.15. The topological polar surface area (TPSA) is 74.4 Å². The number of aliphatic hydroxyl groups is 1. The lowest BCUT2D eigenvalue weighted by molar-refractivity contribution is 0.00336. The van der Waals surface area contributed by atoms with E-state index in [1.807, 2.05) is 14.0 Å². The molecule has 1 aliphatic carbocycles. The summed E-state index contributed by atoms with van der Waals surface area (Å²) in [6.07, 6.45) is 2.26. The Morgan fingerprint density at radius 2 is 2.08 bits per heavy atom. The monoisotopic (exact) mass is 342 g/mol. The number of aryl methyl sites for hydroxylation is 1. The Morgan fingerprint density at radius 3 is 2.80 bits per heavy atom. The van der Waals surface area contributed by atoms with Crippen molar-refractivity contribution in [1.82, 2.24) is 20.4 Å². The first kappa shape index (κ1) is 16.7. The van der Waals surface area contributed by atoms with Crippen molar-refractivity contribution in [1.29, 1.82) is 0 Å². The average Bonchev–Trinajstić information content (AvgIpc) is 3.18. The molecule has 25 heavy (non-hydrogen) atoms. The summed E-state index contributed by atoms with van der Waals surface area (Å²) in [5.41, 5.74) is 2.40. The molecule has 0 bridgehead atoms. The molecule has 1 aromatic carbocycles. The van der Waals surface area contributed by atoms with E-state index in [1.54, 1.807) is 0 Å². The van der Waals surface area contributed by atoms with Gasteiger partial charge in [-0.15, -0.1) is 0 Å². The summed E-state index contributed by atoms with van der Waals surface area (Å²) in [5, 5.41) is 18.8. The minimum absolute atomic E-state index is 0.0436. The van der Waals surface area contributed by atoms with Crippen molar-refractivity contribution in [2.75, 3.05) is 20.1 Å². The van der Waals surface area contributed by atoms with Gasteiger partial charge in [-0.25, -0.2) is 0 Å². The number of benzene rings is 1. The molecular formula is C19H26N4O2. The first-order valence-electron chi connectivity index (χ1n) is 9.15. The van der Waals surface area contributed by atoms with Crippen LogP contribution in [-0.2, 0) is 18.4 Å². The van der Waals surface area contributed by atoms with Crippen molar-refractivity contribution in [3.63, 3.8) is 0 Å². The lowest BCUT2D eigenvalue weighted by atomic mass is 9.72. The minimum Gasteiger partial charge on any atom is -0.390 e. The lowest BCUT2D eigenvalue weighted by Crippen LogP contribution is -2.48. The largest absolute Gasteiger partial charge is 0.390 e. The smallest absolute Gasteiger partial charge is 0.226 e. The van der Waals surface area contributed by atoms with Crippen LogP contribution >= 0.6 is 0 Å². The van der Waals surface area contributed by atoms with Gasteiger partial charge in [0, 0.05) is 11.8 Å². The second-order valence-electron chi connectivity index (χ2n) is 7.26. The molecule has 6 heteroatoms. The van der Waals surface area contributed by atoms with E-state index in [9.17, 15) is 5.11 Å². The van der Waals surface area contributed by atoms with Crippen LogP contribution in [0.4, 0.5) is 0 Å². The van der Waals surface area contributed by atoms with Crippen molar-refractivity contribution >= 4 is 0 Å². The zero-order valence-electron chi connectivity index (χ0n) is 14.9. The number of hydrogen-bond donors (Lipinski definition) is 2. The molecule has 2 atom stereocenters. The Hall–Kier alpha value is -1.76. The number of nitrogens with one attached hydrogen (secondary N) is 1. The van der Waals surface area contributed by atoms with E-state index < -0.39 is 6.10 Å². The molecule has 6 nitrogen and oxygen atoms in total. The third-order valence-corrected chi connectivity index (χ3v) is 5.86. The van der Waals surface area contributed by atoms with Crippen molar-refractivity contribution in [3.8, 4) is 0 Å². The number of piperidine rings is 1. The van der Waals surface area contributed by atoms with E-state index in [-0.39, 0.29) is 11.5 Å². The number of rotatable bonds is 4. The van der Waals surface area contributed by atoms with Crippen LogP contribution in [0.1, 0.15) is 48.6 Å². The Labute approximate surface area is 148 Å². The van der Waals surface area contributed by atoms with E-state index in [1.165, 1.54) is 11.1 Å². The molecular weight excluding hydrogens is 316 g/mol. The third-order valence-electron chi connectivity index (χ3n) is 5.86. The van der Waals surface area contributed by atoms with Gasteiger partial charge >= 0.3 is 0 Å². The van der Waals surface area contributed by atoms with Gasteiger partial charge in [0.1, 0.15) is 0 Å². The van der Waals surface area contributed by atoms with Gasteiger partial charge in [0.2, 0.25) is 5.89 Å². The van der Waals surface area contributed by atoms with Crippen LogP contribution in [0, 0.1) is 0 Å². The van der Waals surface area contributed by atoms with Crippen LogP contribution in [0.2, 0.25) is 0 Å². The first-order chi connectivity index (χ1) is 12.2. The molecule has 0 amide bonds. The SMILES string of the molecule is CCc1nc(CN(C)[C@@H]2c3ccccc3C3(CCNCC3)[C@H]2O)no1. The van der Waals surface area contributed by atoms with Gasteiger partial charge in [-0.2, -0.15) is 4.98 Å². The van der Waals surface area contributed by atoms with E-state index in [2.05, 4.69) is 44.6 Å². The molecule has 2 heterocycles. The van der Waals surface area contributed by atoms with Gasteiger partial charge in [-0.05, 0) is 44.1 Å². The molecule has 134 valence electrons. The van der Waals surface area contributed by atoms with Gasteiger partial charge in [-0.1, -0.05) is 36.3 Å². The molecule has 2 aromatic rings. The number of aromatic nitrogens is 2. The van der Waals surface area contributed by atoms with Gasteiger partial charge in [0.05, 0.1) is 18.7 Å². The average molecular weight is 342 g/mol. The van der Waals surface area contributed by atoms with E-state index >= 15 is 0 Å². The molecule has 1 spiro atoms. The maximum atomic E-state index is 11.4. The zero-order valence-corrected chi connectivity index (χ0v) is 14.9. The number of nitrogens with zero attached hydrogens (tertiary/aromatic N) is 3. The van der Waals surface area contributed by atoms with Gasteiger partial charge in [0.15, 0.2) is 5.82 Å². The van der Waals surface area contributed by atoms with Crippen molar-refractivity contribution < 1.29 is 9.63 Å². The highest BCUT2D eigenvalue weighted by molar-refractivity contribution is 5.45. The quantitative estimate of drug-likeness (QED) is 0.883. The third kappa shape index (κ3) is 2.69. The van der Waals surface area contributed by atoms with E-state index in [4.69, 9.17) is 4.52 Å². The minimum atomic E-state index is -0.422. The summed E-state index contributed by atoms with van der Waals surface area (Å²) < 4.78 is 5.22. The number of fused-ring (bicyclic) bond motifs is 2. The zero-order chi connectivity index (χ0) is 17.4. The van der Waals surface area contributed by atoms with Gasteiger partial charge < -0.3 is 14.9 Å². The normalized spacial score (nSPS) is 24.8. The number of aliphatic hydroxyl groups excluding tert-OH is 1. The molecule has 1 aliphatic heterocycles. The summed E-state index contributed by atoms with van der Waals surface area (Å²) in [6.45, 7) is 4.46. The molecule has 0 saturated carbocycles. The van der Waals surface area contributed by atoms with Crippen LogP contribution in [0.5, 0.6) is 0 Å². The predicted octanol–water partition coefficient (Wildman–Crippen LogP) is 1.80. The van der Waals surface area contributed by atoms with Crippen molar-refractivity contribution in [2.24, 2.45) is 0 Å². The lowest BCUT2D eigenvalue weighted by Gasteiger charge is -2.40. The fraction of sp³-hybridized carbons (Fsp3) is 0.579. The molecule has 2 N–H and O–H groups in total. The highest BCUT2D eigenvalue weighted by atomic mass is 16.5. The summed E-state index contributed by atoms with van der Waals surface area (Å²) in [5.74, 6) is 1.33. The summed E-state index contributed by atoms with van der Waals surface area (Å²) in [6, 6.07) is 8.46. The Balaban J connectivity index is 1.65. The van der Waals surface area contributed by atoms with Crippen LogP contribution in [0.25, 0.3) is 0 Å². The molecule has 0 unspecified atom stereocenters. The second-order valence-corrected chi connectivity index (χ2v) is 7.26. The molecule has 4 rings (SSSR count). The molecule has 1 fully saturated rings. The number of hydrogen-bond acceptors (Lipinski definition) is 6. The van der Waals surface area contributed by atoms with Crippen LogP contribution < -0.4 is 5.32 Å². The number of likely N-dealkylation sites (N-methyl/N-ethyl adjacent to an activating group) is 1. The van der Waals surface area contributed by atoms with E-state index in [0.717, 1.165) is 32.4 Å². The fourth-order valence-corrected chi connectivity index (χ4v) is 4.58. The molecule has 1 aromatic heterocycles. The fourth-order valence-electron chi connectivity index (χ4n) is 4.58. The summed E-state index contributed by atoms with van der Waals surface area (Å²) in [4.78, 5) is 6.57. The highest BCUT2D eigenvalue weighted by Gasteiger charge is 2.52. The summed E-state index contributed by atoms with van der Waals surface area (Å²) >= 11 is 0. The summed E-state index contributed by atoms with van der Waals surface area (Å²) in [7, 11) is 2.03. The van der Waals surface area contributed by atoms with Crippen LogP contribution in [0.3, 0.4) is 0 Å². The molecule has 1 saturated heterocycles. The van der Waals surface area contributed by atoms with Crippen molar-refractivity contribution in [2.45, 2.75) is 50.3 Å². The maximum absolute atomic E-state index is 11.4. The van der Waals surface area contributed by atoms with Gasteiger partial charge in [-0.3, -0.25) is 4.90 Å². The van der Waals surface area contributed by atoms with E-state index in [0.29, 0.717) is 18.3 Å². The van der Waals surface area contributed by atoms with Gasteiger partial charge in [0.25, 0.3) is 0 Å². The Kier molecular flexibility index (Phi) is 4.35. The standard InChI is InChI=1S/C19H26N4O2/c1-3-16-21-15(22-25-16)12-23(2)17-13-6-4-5-7-14(13)19(18(17)24)8-10-20-11-9-19/h4-7,17-18,20,24H,3,8-12H2,1-2H3/t17-,18+/m1/s1. The predicted molar refractivity (Wildman–Crippen MR) is 94.1 cm³/mol. The maximum Gasteiger partial charge on any atom is 0.226 e. The van der Waals surface area contributed by atoms with Crippen molar-refractivity contribution in [3.05, 3.63) is 47.1 Å². The second kappa shape index (κ2) is 6.52.